The Kier molecular flexibility index (Phi) is 21.9. The predicted molar refractivity (Wildman–Crippen MR) is 301 cm³/mol. The minimum absolute atomic E-state index is 0.0247. The van der Waals surface area contributed by atoms with E-state index in [4.69, 9.17) is 19.6 Å². The van der Waals surface area contributed by atoms with E-state index in [2.05, 4.69) is 58.3 Å². The molecule has 4 fully saturated rings. The van der Waals surface area contributed by atoms with Gasteiger partial charge < -0.3 is 86.5 Å². The van der Waals surface area contributed by atoms with Crippen molar-refractivity contribution >= 4 is 59.6 Å². The molecule has 8 rings (SSSR count). The van der Waals surface area contributed by atoms with Crippen molar-refractivity contribution < 1.29 is 97.3 Å². The fraction of sp³-hybridized carbons (Fsp3) is 0.500. The lowest BCUT2D eigenvalue weighted by Crippen LogP contribution is -2.64. The number of carbonyl (C=O) groups is 8. The van der Waals surface area contributed by atoms with Gasteiger partial charge in [-0.1, -0.05) is 53.8 Å². The zero-order chi connectivity index (χ0) is 62.8. The number of β-amino-alcohol motifs (C(OH)–C–C–N with tert-alkyl or cyclic N) is 1. The molecule has 0 radical (unpaired) electrons. The summed E-state index contributed by atoms with van der Waals surface area (Å²) < 4.78 is 15.3. The molecule has 3 aliphatic heterocycles. The van der Waals surface area contributed by atoms with E-state index < -0.39 is 177 Å². The van der Waals surface area contributed by atoms with Crippen molar-refractivity contribution in [3.8, 4) is 34.4 Å². The Balaban J connectivity index is 1.09. The van der Waals surface area contributed by atoms with Crippen LogP contribution in [0, 0.1) is 5.92 Å². The fourth-order valence-electron chi connectivity index (χ4n) is 11.2. The standard InChI is InChI=1S/C56H70N10O20S/c1-26-24-66-46(47(26)74)52(79)58-23-34(68)20-36(59-48(75)31-11-15-33(16-12-31)54-64-63-53(83-54)32-13-9-30(10-14-32)29-6-4-3-5-7-29)49(76)60-43(27(2)67)55(80)65-25-35(69)21-37(65)50(77)61-44(51(78)62-45(56(66)81)40(72)22-42(57)73)39(71)18-28-8-17-38(70)41(19-28)84-87-86-85-82/h8-17,19,26-27,29,34-37,39-40,43-47,67-72,74,82H,3-7,18,20-25H2,1-2H3,(H2,57,73)(H,58,79)(H,59,75)(H,60,76)(H,61,77)(H,62,78). The lowest BCUT2D eigenvalue weighted by atomic mass is 9.84. The number of aromatic nitrogens is 2. The number of aliphatic hydroxyl groups excluding tert-OH is 6. The maximum Gasteiger partial charge on any atom is 0.261 e. The number of benzene rings is 3. The molecule has 0 spiro atoms. The number of fused-ring (bicyclic) bond motifs is 2. The summed E-state index contributed by atoms with van der Waals surface area (Å²) in [6.07, 6.45) is -7.74. The second kappa shape index (κ2) is 29.2. The molecule has 31 heteroatoms. The summed E-state index contributed by atoms with van der Waals surface area (Å²) in [4.78, 5) is 115. The van der Waals surface area contributed by atoms with Crippen LogP contribution < -0.4 is 36.5 Å². The third-order valence-corrected chi connectivity index (χ3v) is 16.2. The number of carbonyl (C=O) groups excluding carboxylic acids is 8. The highest BCUT2D eigenvalue weighted by atomic mass is 32.2. The van der Waals surface area contributed by atoms with Crippen molar-refractivity contribution in [3.63, 3.8) is 0 Å². The summed E-state index contributed by atoms with van der Waals surface area (Å²) >= 11 is 0.0566. The monoisotopic (exact) mass is 1230 g/mol. The number of rotatable bonds is 16. The number of nitrogens with two attached hydrogens (primary N) is 1. The molecule has 3 aromatic carbocycles. The van der Waals surface area contributed by atoms with Gasteiger partial charge >= 0.3 is 0 Å². The summed E-state index contributed by atoms with van der Waals surface area (Å²) in [5.41, 5.74) is 7.84. The first-order valence-electron chi connectivity index (χ1n) is 28.2. The molecule has 8 amide bonds. The SMILES string of the molecule is CC(O)C1NC(=O)C(NC(=O)c2ccc(-c3nnc(-c4ccc(C5CCCCC5)cc4)o3)cc2)CC(O)CNC(=O)C2C(O)C(C)CN2C(=O)C(C(O)CC(N)=O)NC(=O)C(C(O)Cc2ccc(O)c(OSOOO)c2)NC(=O)C2CC(O)CN2C1=O. The third kappa shape index (κ3) is 16.0. The van der Waals surface area contributed by atoms with Crippen LogP contribution in [-0.2, 0) is 49.4 Å². The molecule has 30 nitrogen and oxygen atoms in total. The topological polar surface area (TPSA) is 458 Å². The van der Waals surface area contributed by atoms with Crippen LogP contribution in [0.5, 0.6) is 11.5 Å². The van der Waals surface area contributed by atoms with E-state index in [1.165, 1.54) is 62.1 Å². The van der Waals surface area contributed by atoms with E-state index in [9.17, 15) is 74.1 Å². The Labute approximate surface area is 501 Å². The van der Waals surface area contributed by atoms with Gasteiger partial charge in [0.15, 0.2) is 11.5 Å². The van der Waals surface area contributed by atoms with Crippen molar-refractivity contribution in [2.45, 2.75) is 150 Å². The largest absolute Gasteiger partial charge is 0.504 e. The van der Waals surface area contributed by atoms with E-state index >= 15 is 0 Å². The molecule has 1 saturated carbocycles. The predicted octanol–water partition coefficient (Wildman–Crippen LogP) is -1.66. The molecule has 13 atom stereocenters. The first kappa shape index (κ1) is 65.1. The molecule has 1 aromatic heterocycles. The molecule has 87 heavy (non-hydrogen) atoms. The Morgan fingerprint density at radius 2 is 1.40 bits per heavy atom. The van der Waals surface area contributed by atoms with Crippen molar-refractivity contribution in [2.24, 2.45) is 11.7 Å². The maximum atomic E-state index is 14.7. The quantitative estimate of drug-likeness (QED) is 0.0258. The highest BCUT2D eigenvalue weighted by molar-refractivity contribution is 7.90. The first-order valence-corrected chi connectivity index (χ1v) is 28.8. The molecule has 4 aliphatic rings. The number of phenols is 1. The van der Waals surface area contributed by atoms with Crippen LogP contribution >= 0.6 is 12.3 Å². The molecule has 4 aromatic rings. The van der Waals surface area contributed by atoms with Crippen molar-refractivity contribution in [1.29, 1.82) is 0 Å². The highest BCUT2D eigenvalue weighted by Crippen LogP contribution is 2.35. The normalized spacial score (nSPS) is 26.7. The van der Waals surface area contributed by atoms with Crippen LogP contribution in [0.15, 0.2) is 71.1 Å². The number of phenolic OH excluding ortho intramolecular Hbond substituents is 1. The van der Waals surface area contributed by atoms with Gasteiger partial charge in [-0.15, -0.1) is 10.2 Å². The number of primary amides is 1. The average Bonchev–Trinajstić information content (AvgIpc) is 2.30. The average molecular weight is 1240 g/mol. The van der Waals surface area contributed by atoms with Gasteiger partial charge in [0.05, 0.1) is 43.0 Å². The maximum absolute atomic E-state index is 14.7. The van der Waals surface area contributed by atoms with Gasteiger partial charge in [-0.2, -0.15) is 0 Å². The van der Waals surface area contributed by atoms with Gasteiger partial charge in [0.1, 0.15) is 36.3 Å². The van der Waals surface area contributed by atoms with Crippen LogP contribution in [0.4, 0.5) is 0 Å². The van der Waals surface area contributed by atoms with Crippen molar-refractivity contribution in [2.75, 3.05) is 19.6 Å². The van der Waals surface area contributed by atoms with E-state index in [1.807, 2.05) is 12.1 Å². The molecule has 1 aliphatic carbocycles. The fourth-order valence-corrected chi connectivity index (χ4v) is 11.5. The summed E-state index contributed by atoms with van der Waals surface area (Å²) in [7, 11) is 0. The Bertz CT molecular complexity index is 3110. The number of hydrogen-bond donors (Lipinski definition) is 14. The van der Waals surface area contributed by atoms with E-state index in [0.717, 1.165) is 41.7 Å². The molecule has 4 heterocycles. The van der Waals surface area contributed by atoms with Gasteiger partial charge in [0.2, 0.25) is 53.1 Å². The Morgan fingerprint density at radius 3 is 2.05 bits per heavy atom. The number of aromatic hydroxyl groups is 1. The summed E-state index contributed by atoms with van der Waals surface area (Å²) in [6, 6.07) is 5.57. The van der Waals surface area contributed by atoms with Crippen molar-refractivity contribution in [3.05, 3.63) is 83.4 Å². The molecular weight excluding hydrogens is 1160 g/mol. The molecule has 13 unspecified atom stereocenters. The number of nitrogens with zero attached hydrogens (tertiary/aromatic N) is 4. The molecule has 15 N–H and O–H groups in total. The van der Waals surface area contributed by atoms with Crippen LogP contribution in [0.3, 0.4) is 0 Å². The van der Waals surface area contributed by atoms with Gasteiger partial charge in [0, 0.05) is 61.5 Å². The number of aliphatic hydroxyl groups is 6. The van der Waals surface area contributed by atoms with Gasteiger partial charge in [-0.05, 0) is 85.3 Å². The van der Waals surface area contributed by atoms with Gasteiger partial charge in [0.25, 0.3) is 18.2 Å². The first-order chi connectivity index (χ1) is 41.5. The van der Waals surface area contributed by atoms with Crippen LogP contribution in [0.2, 0.25) is 0 Å². The van der Waals surface area contributed by atoms with Gasteiger partial charge in [-0.25, -0.2) is 5.26 Å². The number of nitrogens with one attached hydrogen (secondary N) is 5. The molecule has 470 valence electrons. The van der Waals surface area contributed by atoms with Crippen LogP contribution in [-0.4, -0.2) is 201 Å². The van der Waals surface area contributed by atoms with Crippen molar-refractivity contribution in [1.82, 2.24) is 46.6 Å². The van der Waals surface area contributed by atoms with Crippen LogP contribution in [0.1, 0.15) is 92.6 Å². The number of amides is 8. The summed E-state index contributed by atoms with van der Waals surface area (Å²) in [5.74, 6) is -10.2. The second-order valence-electron chi connectivity index (χ2n) is 22.2. The highest BCUT2D eigenvalue weighted by Gasteiger charge is 2.50. The molecule has 3 saturated heterocycles. The molecular formula is C56H70N10O20S. The van der Waals surface area contributed by atoms with Crippen LogP contribution in [0.25, 0.3) is 22.9 Å². The van der Waals surface area contributed by atoms with Gasteiger partial charge in [-0.3, -0.25) is 38.4 Å². The zero-order valence-corrected chi connectivity index (χ0v) is 48.0. The number of hydrogen-bond acceptors (Lipinski definition) is 23. The van der Waals surface area contributed by atoms with E-state index in [-0.39, 0.29) is 41.0 Å². The third-order valence-electron chi connectivity index (χ3n) is 15.9. The Hall–Kier alpha value is -7.85. The lowest BCUT2D eigenvalue weighted by Gasteiger charge is -2.33. The minimum atomic E-state index is -2.22. The summed E-state index contributed by atoms with van der Waals surface area (Å²) in [6.45, 7) is 0.853. The minimum Gasteiger partial charge on any atom is -0.504 e. The van der Waals surface area contributed by atoms with E-state index in [1.54, 1.807) is 0 Å². The molecule has 0 bridgehead atoms. The second-order valence-corrected chi connectivity index (χ2v) is 22.7. The van der Waals surface area contributed by atoms with E-state index in [0.29, 0.717) is 17.0 Å². The smallest absolute Gasteiger partial charge is 0.261 e. The Morgan fingerprint density at radius 1 is 0.770 bits per heavy atom. The summed E-state index contributed by atoms with van der Waals surface area (Å²) in [5, 5.41) is 111. The lowest BCUT2D eigenvalue weighted by molar-refractivity contribution is -0.433. The zero-order valence-electron chi connectivity index (χ0n) is 47.2.